The Bertz CT molecular complexity index is 269. The summed E-state index contributed by atoms with van der Waals surface area (Å²) in [7, 11) is -2.13. The first kappa shape index (κ1) is 22.0. The second kappa shape index (κ2) is 15.9. The van der Waals surface area contributed by atoms with Gasteiger partial charge in [0.1, 0.15) is 0 Å². The molecule has 0 aliphatic carbocycles. The van der Waals surface area contributed by atoms with Crippen LogP contribution in [-0.2, 0) is 18.8 Å². The Morgan fingerprint density at radius 3 is 1.68 bits per heavy atom. The van der Waals surface area contributed by atoms with Gasteiger partial charge < -0.3 is 24.0 Å². The van der Waals surface area contributed by atoms with Gasteiger partial charge in [0.25, 0.3) is 0 Å². The Balaban J connectivity index is 3.01. The molecule has 0 rings (SSSR count). The Hall–Kier alpha value is 0.0300. The van der Waals surface area contributed by atoms with Gasteiger partial charge in [-0.2, -0.15) is 0 Å². The van der Waals surface area contributed by atoms with Gasteiger partial charge in [-0.3, -0.25) is 4.57 Å². The summed E-state index contributed by atoms with van der Waals surface area (Å²) in [6, 6.07) is 0. The fraction of sp³-hybridized carbons (Fsp3) is 1.00. The lowest BCUT2D eigenvalue weighted by Gasteiger charge is -2.06. The number of rotatable bonds is 17. The van der Waals surface area contributed by atoms with E-state index in [9.17, 15) is 4.57 Å². The molecule has 0 unspecified atom stereocenters. The molecule has 0 aromatic rings. The molecule has 0 saturated carbocycles. The van der Waals surface area contributed by atoms with Crippen LogP contribution in [-0.4, -0.2) is 56.1 Å². The Morgan fingerprint density at radius 2 is 1.14 bits per heavy atom. The molecule has 0 aliphatic heterocycles. The quantitative estimate of drug-likeness (QED) is 0.313. The lowest BCUT2D eigenvalue weighted by atomic mass is 10.1. The zero-order valence-electron chi connectivity index (χ0n) is 13.9. The van der Waals surface area contributed by atoms with E-state index in [-0.39, 0.29) is 6.16 Å². The second-order valence-electron chi connectivity index (χ2n) is 5.43. The van der Waals surface area contributed by atoms with Crippen LogP contribution in [0.1, 0.15) is 51.4 Å². The molecule has 0 atom stereocenters. The highest BCUT2D eigenvalue weighted by Crippen LogP contribution is 2.35. The van der Waals surface area contributed by atoms with Crippen molar-refractivity contribution in [3.05, 3.63) is 0 Å². The lowest BCUT2D eigenvalue weighted by Crippen LogP contribution is -2.08. The van der Waals surface area contributed by atoms with Crippen molar-refractivity contribution in [3.8, 4) is 0 Å². The first-order chi connectivity index (χ1) is 10.6. The summed E-state index contributed by atoms with van der Waals surface area (Å²) in [5.74, 6) is 0. The summed E-state index contributed by atoms with van der Waals surface area (Å²) in [6.45, 7) is 3.30. The molecule has 6 nitrogen and oxygen atoms in total. The van der Waals surface area contributed by atoms with Crippen LogP contribution in [0.15, 0.2) is 0 Å². The van der Waals surface area contributed by atoms with E-state index in [4.69, 9.17) is 24.0 Å². The van der Waals surface area contributed by atoms with E-state index in [2.05, 4.69) is 0 Å². The summed E-state index contributed by atoms with van der Waals surface area (Å²) >= 11 is 0. The van der Waals surface area contributed by atoms with Crippen LogP contribution < -0.4 is 0 Å². The van der Waals surface area contributed by atoms with E-state index < -0.39 is 7.60 Å². The van der Waals surface area contributed by atoms with Crippen LogP contribution in [0.3, 0.4) is 0 Å². The van der Waals surface area contributed by atoms with Crippen molar-refractivity contribution in [1.29, 1.82) is 0 Å². The lowest BCUT2D eigenvalue weighted by molar-refractivity contribution is 0.0239. The van der Waals surface area contributed by atoms with Crippen LogP contribution >= 0.6 is 7.60 Å². The molecule has 0 heterocycles. The Morgan fingerprint density at radius 1 is 0.682 bits per heavy atom. The SMILES string of the molecule is COCCOCCOCCCCCCCCCCP(=O)(O)O. The fourth-order valence-electron chi connectivity index (χ4n) is 2.05. The first-order valence-corrected chi connectivity index (χ1v) is 10.0. The first-order valence-electron chi connectivity index (χ1n) is 8.25. The zero-order valence-corrected chi connectivity index (χ0v) is 14.8. The van der Waals surface area contributed by atoms with E-state index in [1.54, 1.807) is 7.11 Å². The minimum Gasteiger partial charge on any atom is -0.382 e. The van der Waals surface area contributed by atoms with Gasteiger partial charge in [-0.25, -0.2) is 0 Å². The maximum Gasteiger partial charge on any atom is 0.325 e. The molecule has 0 saturated heterocycles. The molecule has 0 aromatic heterocycles. The predicted octanol–water partition coefficient (Wildman–Crippen LogP) is 2.96. The topological polar surface area (TPSA) is 85.2 Å². The summed E-state index contributed by atoms with van der Waals surface area (Å²) < 4.78 is 26.3. The maximum absolute atomic E-state index is 10.6. The van der Waals surface area contributed by atoms with Crippen molar-refractivity contribution in [2.24, 2.45) is 0 Å². The summed E-state index contributed by atoms with van der Waals surface area (Å²) in [5, 5.41) is 0. The normalized spacial score (nSPS) is 12.0. The third kappa shape index (κ3) is 20.0. The highest BCUT2D eigenvalue weighted by atomic mass is 31.2. The van der Waals surface area contributed by atoms with Crippen molar-refractivity contribution >= 4 is 7.60 Å². The molecule has 7 heteroatoms. The van der Waals surface area contributed by atoms with E-state index in [0.717, 1.165) is 32.3 Å². The molecule has 0 spiro atoms. The molecular weight excluding hydrogens is 307 g/mol. The molecule has 22 heavy (non-hydrogen) atoms. The zero-order chi connectivity index (χ0) is 16.5. The third-order valence-electron chi connectivity index (χ3n) is 3.29. The van der Waals surface area contributed by atoms with Crippen LogP contribution in [0.4, 0.5) is 0 Å². The number of ether oxygens (including phenoxy) is 3. The predicted molar refractivity (Wildman–Crippen MR) is 87.4 cm³/mol. The van der Waals surface area contributed by atoms with E-state index in [1.807, 2.05) is 0 Å². The van der Waals surface area contributed by atoms with Crippen LogP contribution in [0.2, 0.25) is 0 Å². The average molecular weight is 340 g/mol. The molecule has 134 valence electrons. The van der Waals surface area contributed by atoms with Crippen LogP contribution in [0.25, 0.3) is 0 Å². The van der Waals surface area contributed by atoms with Gasteiger partial charge in [-0.15, -0.1) is 0 Å². The largest absolute Gasteiger partial charge is 0.382 e. The van der Waals surface area contributed by atoms with Crippen molar-refractivity contribution in [2.45, 2.75) is 51.4 Å². The monoisotopic (exact) mass is 340 g/mol. The average Bonchev–Trinajstić information content (AvgIpc) is 2.45. The van der Waals surface area contributed by atoms with Gasteiger partial charge in [0.2, 0.25) is 0 Å². The molecule has 0 amide bonds. The fourth-order valence-corrected chi connectivity index (χ4v) is 2.68. The van der Waals surface area contributed by atoms with Crippen molar-refractivity contribution in [1.82, 2.24) is 0 Å². The molecule has 0 fully saturated rings. The highest BCUT2D eigenvalue weighted by Gasteiger charge is 2.10. The molecule has 0 radical (unpaired) electrons. The summed E-state index contributed by atoms with van der Waals surface area (Å²) in [5.41, 5.74) is 0. The summed E-state index contributed by atoms with van der Waals surface area (Å²) in [4.78, 5) is 17.4. The summed E-state index contributed by atoms with van der Waals surface area (Å²) in [6.07, 6.45) is 8.43. The van der Waals surface area contributed by atoms with Crippen molar-refractivity contribution < 1.29 is 28.6 Å². The van der Waals surface area contributed by atoms with E-state index in [1.165, 1.54) is 19.3 Å². The van der Waals surface area contributed by atoms with Crippen molar-refractivity contribution in [2.75, 3.05) is 46.3 Å². The van der Waals surface area contributed by atoms with E-state index in [0.29, 0.717) is 32.8 Å². The van der Waals surface area contributed by atoms with Crippen LogP contribution in [0, 0.1) is 0 Å². The molecule has 0 aromatic carbocycles. The smallest absolute Gasteiger partial charge is 0.325 e. The Labute approximate surface area is 134 Å². The number of hydrogen-bond donors (Lipinski definition) is 2. The maximum atomic E-state index is 10.6. The van der Waals surface area contributed by atoms with Gasteiger partial charge in [0.15, 0.2) is 0 Å². The number of hydrogen-bond acceptors (Lipinski definition) is 4. The van der Waals surface area contributed by atoms with E-state index >= 15 is 0 Å². The standard InChI is InChI=1S/C15H33O6P/c1-19-11-12-21-14-13-20-10-8-6-4-2-3-5-7-9-15-22(16,17)18/h2-15H2,1H3,(H2,16,17,18). The van der Waals surface area contributed by atoms with Gasteiger partial charge in [0.05, 0.1) is 26.4 Å². The second-order valence-corrected chi connectivity index (χ2v) is 7.21. The molecule has 2 N–H and O–H groups in total. The van der Waals surface area contributed by atoms with Gasteiger partial charge in [0, 0.05) is 19.9 Å². The molecule has 0 aliphatic rings. The van der Waals surface area contributed by atoms with Gasteiger partial charge in [-0.05, 0) is 12.8 Å². The minimum absolute atomic E-state index is 0.0273. The molecule has 0 bridgehead atoms. The molecular formula is C15H33O6P. The Kier molecular flexibility index (Phi) is 15.9. The minimum atomic E-state index is -3.78. The number of unbranched alkanes of at least 4 members (excludes halogenated alkanes) is 7. The van der Waals surface area contributed by atoms with Gasteiger partial charge >= 0.3 is 7.60 Å². The number of methoxy groups -OCH3 is 1. The van der Waals surface area contributed by atoms with Crippen molar-refractivity contribution in [3.63, 3.8) is 0 Å². The van der Waals surface area contributed by atoms with Gasteiger partial charge in [-0.1, -0.05) is 38.5 Å². The van der Waals surface area contributed by atoms with Crippen LogP contribution in [0.5, 0.6) is 0 Å². The third-order valence-corrected chi connectivity index (χ3v) is 4.19. The highest BCUT2D eigenvalue weighted by molar-refractivity contribution is 7.51.